The molecule has 1 atom stereocenters. The van der Waals surface area contributed by atoms with Crippen molar-refractivity contribution in [3.63, 3.8) is 0 Å². The van der Waals surface area contributed by atoms with Crippen LogP contribution in [0.1, 0.15) is 21.7 Å². The Balaban J connectivity index is 1.81. The van der Waals surface area contributed by atoms with Gasteiger partial charge in [0.25, 0.3) is 5.91 Å². The number of ether oxygens (including phenoxy) is 1. The van der Waals surface area contributed by atoms with E-state index >= 15 is 0 Å². The van der Waals surface area contributed by atoms with Gasteiger partial charge in [0.2, 0.25) is 0 Å². The number of aliphatic hydroxyl groups is 1. The number of nitrogens with zero attached hydrogens (tertiary/aromatic N) is 1. The second kappa shape index (κ2) is 7.75. The normalized spacial score (nSPS) is 12.7. The zero-order chi connectivity index (χ0) is 18.6. The highest BCUT2D eigenvalue weighted by Gasteiger charge is 2.33. The quantitative estimate of drug-likeness (QED) is 0.722. The lowest BCUT2D eigenvalue weighted by molar-refractivity contribution is -0.141. The number of aryl methyl sites for hydroxylation is 1. The number of nitrogens with one attached hydrogen (secondary N) is 2. The third-order valence-corrected chi connectivity index (χ3v) is 3.61. The van der Waals surface area contributed by atoms with Crippen LogP contribution < -0.4 is 10.1 Å². The number of carbonyl (C=O) groups is 1. The first-order valence-corrected chi connectivity index (χ1v) is 7.52. The smallest absolute Gasteiger partial charge is 0.432 e. The molecule has 25 heavy (non-hydrogen) atoms. The lowest BCUT2D eigenvalue weighted by Gasteiger charge is -2.13. The van der Waals surface area contributed by atoms with Crippen molar-refractivity contribution >= 4 is 17.5 Å². The lowest BCUT2D eigenvalue weighted by atomic mass is 10.2. The number of benzene rings is 1. The molecule has 0 bridgehead atoms. The molecular formula is C15H15ClF3N3O3. The van der Waals surface area contributed by atoms with E-state index in [1.807, 2.05) is 0 Å². The van der Waals surface area contributed by atoms with E-state index < -0.39 is 29.6 Å². The predicted octanol–water partition coefficient (Wildman–Crippen LogP) is 2.56. The van der Waals surface area contributed by atoms with Crippen molar-refractivity contribution in [1.29, 1.82) is 0 Å². The number of aromatic nitrogens is 2. The highest BCUT2D eigenvalue weighted by molar-refractivity contribution is 6.31. The van der Waals surface area contributed by atoms with Crippen LogP contribution in [0.4, 0.5) is 13.2 Å². The van der Waals surface area contributed by atoms with Gasteiger partial charge in [-0.1, -0.05) is 11.6 Å². The summed E-state index contributed by atoms with van der Waals surface area (Å²) < 4.78 is 42.6. The van der Waals surface area contributed by atoms with E-state index in [1.54, 1.807) is 30.2 Å². The number of aliphatic hydroxyl groups excluding tert-OH is 1. The Labute approximate surface area is 145 Å². The summed E-state index contributed by atoms with van der Waals surface area (Å²) in [6, 6.07) is 5.56. The maximum atomic E-state index is 12.4. The molecule has 0 spiro atoms. The second-order valence-corrected chi connectivity index (χ2v) is 5.66. The van der Waals surface area contributed by atoms with E-state index in [9.17, 15) is 23.1 Å². The van der Waals surface area contributed by atoms with E-state index in [1.165, 1.54) is 0 Å². The van der Waals surface area contributed by atoms with E-state index in [4.69, 9.17) is 16.3 Å². The average Bonchev–Trinajstić information content (AvgIpc) is 3.04. The fraction of sp³-hybridized carbons (Fsp3) is 0.333. The largest absolute Gasteiger partial charge is 0.491 e. The molecular weight excluding hydrogens is 363 g/mol. The third-order valence-electron chi connectivity index (χ3n) is 3.19. The average molecular weight is 378 g/mol. The minimum atomic E-state index is -4.62. The number of halogens is 4. The summed E-state index contributed by atoms with van der Waals surface area (Å²) in [5, 5.41) is 17.7. The minimum absolute atomic E-state index is 0.115. The van der Waals surface area contributed by atoms with E-state index in [0.717, 1.165) is 5.56 Å². The zero-order valence-electron chi connectivity index (χ0n) is 13.0. The Bertz CT molecular complexity index is 749. The van der Waals surface area contributed by atoms with E-state index in [0.29, 0.717) is 16.8 Å². The van der Waals surface area contributed by atoms with Gasteiger partial charge in [0.15, 0.2) is 5.69 Å². The summed E-state index contributed by atoms with van der Waals surface area (Å²) in [5.41, 5.74) is -0.741. The van der Waals surface area contributed by atoms with Gasteiger partial charge in [0.1, 0.15) is 24.2 Å². The number of hydrogen-bond acceptors (Lipinski definition) is 4. The summed E-state index contributed by atoms with van der Waals surface area (Å²) in [6.07, 6.45) is -5.67. The highest BCUT2D eigenvalue weighted by Crippen LogP contribution is 2.27. The maximum Gasteiger partial charge on any atom is 0.432 e. The Morgan fingerprint density at radius 1 is 1.44 bits per heavy atom. The van der Waals surface area contributed by atoms with E-state index in [2.05, 4.69) is 10.4 Å². The van der Waals surface area contributed by atoms with Crippen LogP contribution in [0.15, 0.2) is 24.3 Å². The molecule has 1 aromatic heterocycles. The Hall–Kier alpha value is -2.26. The maximum absolute atomic E-state index is 12.4. The molecule has 0 saturated carbocycles. The molecule has 1 heterocycles. The van der Waals surface area contributed by atoms with Crippen molar-refractivity contribution in [2.45, 2.75) is 19.2 Å². The van der Waals surface area contributed by atoms with Gasteiger partial charge in [0, 0.05) is 17.6 Å². The molecule has 2 rings (SSSR count). The van der Waals surface area contributed by atoms with Gasteiger partial charge in [-0.25, -0.2) is 0 Å². The molecule has 0 saturated heterocycles. The molecule has 10 heteroatoms. The molecule has 0 fully saturated rings. The molecule has 3 N–H and O–H groups in total. The number of rotatable bonds is 6. The molecule has 1 amide bonds. The van der Waals surface area contributed by atoms with Crippen LogP contribution in [-0.4, -0.2) is 40.5 Å². The number of hydrogen-bond donors (Lipinski definition) is 3. The SMILES string of the molecule is Cc1cc(OC[C@H](O)CNC(=O)c2cc(C(F)(F)F)[nH]n2)ccc1Cl. The first-order chi connectivity index (χ1) is 11.7. The van der Waals surface area contributed by atoms with Crippen molar-refractivity contribution in [3.8, 4) is 5.75 Å². The van der Waals surface area contributed by atoms with Gasteiger partial charge in [-0.15, -0.1) is 0 Å². The van der Waals surface area contributed by atoms with E-state index in [-0.39, 0.29) is 13.2 Å². The first kappa shape index (κ1) is 19.1. The minimum Gasteiger partial charge on any atom is -0.491 e. The number of H-pyrrole nitrogens is 1. The van der Waals surface area contributed by atoms with Crippen molar-refractivity contribution in [2.24, 2.45) is 0 Å². The van der Waals surface area contributed by atoms with Gasteiger partial charge in [-0.2, -0.15) is 18.3 Å². The van der Waals surface area contributed by atoms with Crippen molar-refractivity contribution in [2.75, 3.05) is 13.2 Å². The summed E-state index contributed by atoms with van der Waals surface area (Å²) in [7, 11) is 0. The Morgan fingerprint density at radius 2 is 2.16 bits per heavy atom. The molecule has 6 nitrogen and oxygen atoms in total. The summed E-state index contributed by atoms with van der Waals surface area (Å²) >= 11 is 5.88. The van der Waals surface area contributed by atoms with Crippen molar-refractivity contribution < 1.29 is 27.8 Å². The fourth-order valence-electron chi connectivity index (χ4n) is 1.84. The van der Waals surface area contributed by atoms with Crippen LogP contribution in [0.2, 0.25) is 5.02 Å². The van der Waals surface area contributed by atoms with Gasteiger partial charge in [-0.3, -0.25) is 9.89 Å². The van der Waals surface area contributed by atoms with Crippen LogP contribution in [0.25, 0.3) is 0 Å². The van der Waals surface area contributed by atoms with Crippen molar-refractivity contribution in [1.82, 2.24) is 15.5 Å². The van der Waals surface area contributed by atoms with Gasteiger partial charge >= 0.3 is 6.18 Å². The van der Waals surface area contributed by atoms with Crippen LogP contribution >= 0.6 is 11.6 Å². The third kappa shape index (κ3) is 5.36. The standard InChI is InChI=1S/C15H15ClF3N3O3/c1-8-4-10(2-3-11(8)16)25-7-9(23)6-20-14(24)12-5-13(22-21-12)15(17,18)19/h2-5,9,23H,6-7H2,1H3,(H,20,24)(H,21,22)/t9-/m1/s1. The predicted molar refractivity (Wildman–Crippen MR) is 83.6 cm³/mol. The van der Waals surface area contributed by atoms with Crippen LogP contribution in [0.5, 0.6) is 5.75 Å². The molecule has 0 aliphatic rings. The molecule has 0 aliphatic carbocycles. The van der Waals surface area contributed by atoms with Gasteiger partial charge in [-0.05, 0) is 30.7 Å². The molecule has 2 aromatic rings. The Morgan fingerprint density at radius 3 is 2.76 bits per heavy atom. The summed E-state index contributed by atoms with van der Waals surface area (Å²) in [6.45, 7) is 1.47. The van der Waals surface area contributed by atoms with Crippen molar-refractivity contribution in [3.05, 3.63) is 46.2 Å². The van der Waals surface area contributed by atoms with Crippen LogP contribution in [0.3, 0.4) is 0 Å². The van der Waals surface area contributed by atoms with Crippen LogP contribution in [0, 0.1) is 6.92 Å². The fourth-order valence-corrected chi connectivity index (χ4v) is 1.96. The molecule has 136 valence electrons. The first-order valence-electron chi connectivity index (χ1n) is 7.14. The summed E-state index contributed by atoms with van der Waals surface area (Å²) in [4.78, 5) is 11.7. The lowest BCUT2D eigenvalue weighted by Crippen LogP contribution is -2.35. The molecule has 1 aromatic carbocycles. The molecule has 0 aliphatic heterocycles. The number of alkyl halides is 3. The summed E-state index contributed by atoms with van der Waals surface area (Å²) in [5.74, 6) is -0.345. The molecule has 0 unspecified atom stereocenters. The number of amides is 1. The topological polar surface area (TPSA) is 87.2 Å². The number of aromatic amines is 1. The Kier molecular flexibility index (Phi) is 5.91. The second-order valence-electron chi connectivity index (χ2n) is 5.25. The number of carbonyl (C=O) groups excluding carboxylic acids is 1. The molecule has 0 radical (unpaired) electrons. The zero-order valence-corrected chi connectivity index (χ0v) is 13.8. The highest BCUT2D eigenvalue weighted by atomic mass is 35.5. The van der Waals surface area contributed by atoms with Gasteiger partial charge in [0.05, 0.1) is 0 Å². The monoisotopic (exact) mass is 377 g/mol. The van der Waals surface area contributed by atoms with Crippen LogP contribution in [-0.2, 0) is 6.18 Å². The van der Waals surface area contributed by atoms with Gasteiger partial charge < -0.3 is 15.2 Å².